The van der Waals surface area contributed by atoms with Gasteiger partial charge in [0.05, 0.1) is 11.4 Å². The highest BCUT2D eigenvalue weighted by molar-refractivity contribution is 5.99. The van der Waals surface area contributed by atoms with E-state index in [-0.39, 0.29) is 0 Å². The Morgan fingerprint density at radius 2 is 1.87 bits per heavy atom. The Kier molecular flexibility index (Phi) is 4.28. The number of H-pyrrole nitrogens is 1. The molecule has 0 bridgehead atoms. The fraction of sp³-hybridized carbons (Fsp3) is 0.250. The monoisotopic (exact) mass is 409 g/mol. The number of piperidine rings is 1. The fourth-order valence-corrected chi connectivity index (χ4v) is 4.65. The maximum absolute atomic E-state index is 4.82. The molecule has 6 rings (SSSR count). The first-order valence-electron chi connectivity index (χ1n) is 10.7. The van der Waals surface area contributed by atoms with Crippen LogP contribution < -0.4 is 5.32 Å². The lowest BCUT2D eigenvalue weighted by Crippen LogP contribution is -2.26. The normalized spacial score (nSPS) is 15.1. The van der Waals surface area contributed by atoms with Crippen LogP contribution in [-0.4, -0.2) is 42.8 Å². The van der Waals surface area contributed by atoms with E-state index in [0.717, 1.165) is 70.5 Å². The van der Waals surface area contributed by atoms with E-state index < -0.39 is 0 Å². The van der Waals surface area contributed by atoms with Crippen molar-refractivity contribution in [3.8, 4) is 22.6 Å². The van der Waals surface area contributed by atoms with Gasteiger partial charge in [-0.25, -0.2) is 9.67 Å². The van der Waals surface area contributed by atoms with E-state index in [1.165, 1.54) is 5.56 Å². The van der Waals surface area contributed by atoms with Crippen LogP contribution in [0, 0.1) is 0 Å². The molecule has 7 heteroatoms. The number of rotatable bonds is 3. The molecule has 31 heavy (non-hydrogen) atoms. The molecule has 6 heterocycles. The highest BCUT2D eigenvalue weighted by Crippen LogP contribution is 2.34. The van der Waals surface area contributed by atoms with Gasteiger partial charge in [0.25, 0.3) is 0 Å². The lowest BCUT2D eigenvalue weighted by molar-refractivity contribution is 0.460. The van der Waals surface area contributed by atoms with Gasteiger partial charge in [0.15, 0.2) is 5.65 Å². The quantitative estimate of drug-likeness (QED) is 0.470. The van der Waals surface area contributed by atoms with Crippen LogP contribution in [0.15, 0.2) is 55.1 Å². The molecule has 1 aliphatic rings. The molecule has 0 atom stereocenters. The summed E-state index contributed by atoms with van der Waals surface area (Å²) in [7, 11) is 1.95. The van der Waals surface area contributed by atoms with Gasteiger partial charge in [-0.2, -0.15) is 5.10 Å². The van der Waals surface area contributed by atoms with E-state index >= 15 is 0 Å². The Morgan fingerprint density at radius 1 is 0.968 bits per heavy atom. The molecule has 154 valence electrons. The summed E-state index contributed by atoms with van der Waals surface area (Å²) in [5, 5.41) is 10.4. The van der Waals surface area contributed by atoms with Gasteiger partial charge < -0.3 is 10.3 Å². The van der Waals surface area contributed by atoms with Crippen LogP contribution in [0.3, 0.4) is 0 Å². The van der Waals surface area contributed by atoms with E-state index in [2.05, 4.69) is 32.4 Å². The van der Waals surface area contributed by atoms with E-state index in [9.17, 15) is 0 Å². The minimum absolute atomic E-state index is 0.551. The first-order chi connectivity index (χ1) is 15.3. The Labute approximate surface area is 179 Å². The number of hydrogen-bond donors (Lipinski definition) is 2. The topological polar surface area (TPSA) is 84.3 Å². The summed E-state index contributed by atoms with van der Waals surface area (Å²) in [5.74, 6) is 0.551. The Balaban J connectivity index is 1.50. The average Bonchev–Trinajstić information content (AvgIpc) is 3.41. The molecule has 0 radical (unpaired) electrons. The summed E-state index contributed by atoms with van der Waals surface area (Å²) < 4.78 is 1.86. The minimum atomic E-state index is 0.551. The van der Waals surface area contributed by atoms with Crippen molar-refractivity contribution in [2.75, 3.05) is 13.1 Å². The maximum Gasteiger partial charge on any atom is 0.158 e. The third kappa shape index (κ3) is 3.09. The van der Waals surface area contributed by atoms with Crippen molar-refractivity contribution in [1.82, 2.24) is 35.0 Å². The standard InChI is InChI=1S/C24H23N7/c1-31-24-19(11-17(14-28-24)15-4-8-25-9-5-15)23(30-31)21-12-18-20(29-21)6-10-27-22(18)16-3-2-7-26-13-16/h2-3,6-7,10-15,25,29H,4-5,8-9H2,1H3. The molecule has 7 nitrogen and oxygen atoms in total. The highest BCUT2D eigenvalue weighted by Gasteiger charge is 2.20. The summed E-state index contributed by atoms with van der Waals surface area (Å²) in [6.45, 7) is 2.13. The van der Waals surface area contributed by atoms with Gasteiger partial charge in [-0.3, -0.25) is 9.97 Å². The lowest BCUT2D eigenvalue weighted by Gasteiger charge is -2.22. The average molecular weight is 409 g/mol. The van der Waals surface area contributed by atoms with Gasteiger partial charge in [-0.15, -0.1) is 0 Å². The van der Waals surface area contributed by atoms with Crippen LogP contribution >= 0.6 is 0 Å². The molecule has 5 aromatic heterocycles. The molecule has 2 N–H and O–H groups in total. The second-order valence-corrected chi connectivity index (χ2v) is 8.18. The van der Waals surface area contributed by atoms with Crippen LogP contribution in [0.4, 0.5) is 0 Å². The number of fused-ring (bicyclic) bond motifs is 2. The van der Waals surface area contributed by atoms with E-state index in [1.807, 2.05) is 48.5 Å². The molecule has 5 aromatic rings. The summed E-state index contributed by atoms with van der Waals surface area (Å²) in [4.78, 5) is 17.2. The molecular formula is C24H23N7. The molecule has 0 amide bonds. The molecule has 1 aliphatic heterocycles. The van der Waals surface area contributed by atoms with Gasteiger partial charge in [0, 0.05) is 53.7 Å². The van der Waals surface area contributed by atoms with Crippen molar-refractivity contribution in [3.63, 3.8) is 0 Å². The van der Waals surface area contributed by atoms with Crippen molar-refractivity contribution in [1.29, 1.82) is 0 Å². The van der Waals surface area contributed by atoms with Crippen molar-refractivity contribution in [2.45, 2.75) is 18.8 Å². The first kappa shape index (κ1) is 18.2. The van der Waals surface area contributed by atoms with E-state index in [0.29, 0.717) is 5.92 Å². The van der Waals surface area contributed by atoms with Crippen molar-refractivity contribution in [2.24, 2.45) is 7.05 Å². The molecule has 0 unspecified atom stereocenters. The van der Waals surface area contributed by atoms with Crippen LogP contribution in [0.1, 0.15) is 24.3 Å². The minimum Gasteiger partial charge on any atom is -0.353 e. The van der Waals surface area contributed by atoms with E-state index in [4.69, 9.17) is 10.1 Å². The van der Waals surface area contributed by atoms with Gasteiger partial charge in [0.2, 0.25) is 0 Å². The Morgan fingerprint density at radius 3 is 2.71 bits per heavy atom. The maximum atomic E-state index is 4.82. The summed E-state index contributed by atoms with van der Waals surface area (Å²) in [6, 6.07) is 10.4. The van der Waals surface area contributed by atoms with Crippen molar-refractivity contribution in [3.05, 3.63) is 60.7 Å². The van der Waals surface area contributed by atoms with Crippen LogP contribution in [0.5, 0.6) is 0 Å². The predicted octanol–water partition coefficient (Wildman–Crippen LogP) is 4.04. The molecule has 0 aromatic carbocycles. The van der Waals surface area contributed by atoms with Crippen LogP contribution in [0.25, 0.3) is 44.6 Å². The number of aromatic amines is 1. The zero-order valence-corrected chi connectivity index (χ0v) is 17.3. The van der Waals surface area contributed by atoms with E-state index in [1.54, 1.807) is 6.20 Å². The molecule has 0 aliphatic carbocycles. The summed E-state index contributed by atoms with van der Waals surface area (Å²) in [5.41, 5.74) is 7.05. The highest BCUT2D eigenvalue weighted by atomic mass is 15.3. The van der Waals surface area contributed by atoms with Gasteiger partial charge >= 0.3 is 0 Å². The number of hydrogen-bond acceptors (Lipinski definition) is 5. The Bertz CT molecular complexity index is 1380. The smallest absolute Gasteiger partial charge is 0.158 e. The second kappa shape index (κ2) is 7.28. The SMILES string of the molecule is Cn1nc(-c2cc3c(-c4cccnc4)nccc3[nH]2)c2cc(C3CCNCC3)cnc21. The van der Waals surface area contributed by atoms with Crippen LogP contribution in [0.2, 0.25) is 0 Å². The summed E-state index contributed by atoms with van der Waals surface area (Å²) in [6.07, 6.45) is 9.78. The third-order valence-electron chi connectivity index (χ3n) is 6.25. The summed E-state index contributed by atoms with van der Waals surface area (Å²) >= 11 is 0. The van der Waals surface area contributed by atoms with Crippen molar-refractivity contribution < 1.29 is 0 Å². The van der Waals surface area contributed by atoms with Gasteiger partial charge in [0.1, 0.15) is 5.69 Å². The predicted molar refractivity (Wildman–Crippen MR) is 122 cm³/mol. The molecule has 0 spiro atoms. The fourth-order valence-electron chi connectivity index (χ4n) is 4.65. The van der Waals surface area contributed by atoms with Crippen LogP contribution in [-0.2, 0) is 7.05 Å². The third-order valence-corrected chi connectivity index (χ3v) is 6.25. The molecule has 1 fully saturated rings. The molecule has 0 saturated carbocycles. The number of aromatic nitrogens is 6. The van der Waals surface area contributed by atoms with Crippen molar-refractivity contribution >= 4 is 21.9 Å². The second-order valence-electron chi connectivity index (χ2n) is 8.18. The number of aryl methyl sites for hydroxylation is 1. The zero-order valence-electron chi connectivity index (χ0n) is 17.3. The molecule has 1 saturated heterocycles. The number of nitrogens with one attached hydrogen (secondary N) is 2. The van der Waals surface area contributed by atoms with Gasteiger partial charge in [-0.05, 0) is 67.7 Å². The number of nitrogens with zero attached hydrogens (tertiary/aromatic N) is 5. The number of pyridine rings is 3. The first-order valence-corrected chi connectivity index (χ1v) is 10.7. The Hall–Kier alpha value is -3.58. The van der Waals surface area contributed by atoms with Gasteiger partial charge in [-0.1, -0.05) is 0 Å². The lowest BCUT2D eigenvalue weighted by atomic mass is 9.91. The zero-order chi connectivity index (χ0) is 20.8. The molecular weight excluding hydrogens is 386 g/mol. The largest absolute Gasteiger partial charge is 0.353 e.